The Morgan fingerprint density at radius 1 is 1.00 bits per heavy atom. The van der Waals surface area contributed by atoms with Gasteiger partial charge in [0.2, 0.25) is 0 Å². The second-order valence-electron chi connectivity index (χ2n) is 5.81. The number of hydrogen-bond donors (Lipinski definition) is 0. The van der Waals surface area contributed by atoms with Gasteiger partial charge in [0.05, 0.1) is 12.2 Å². The van der Waals surface area contributed by atoms with Crippen LogP contribution in [0.1, 0.15) is 30.6 Å². The molecule has 0 fully saturated rings. The lowest BCUT2D eigenvalue weighted by atomic mass is 10.1. The first-order chi connectivity index (χ1) is 12.1. The Kier molecular flexibility index (Phi) is 7.08. The molecule has 0 aliphatic heterocycles. The van der Waals surface area contributed by atoms with E-state index in [4.69, 9.17) is 14.2 Å². The summed E-state index contributed by atoms with van der Waals surface area (Å²) in [6, 6.07) is 13.9. The number of ether oxygens (including phenoxy) is 3. The highest BCUT2D eigenvalue weighted by molar-refractivity contribution is 5.91. The minimum absolute atomic E-state index is 0.413. The van der Waals surface area contributed by atoms with E-state index in [-0.39, 0.29) is 0 Å². The van der Waals surface area contributed by atoms with Gasteiger partial charge < -0.3 is 14.2 Å². The minimum atomic E-state index is -0.413. The average molecular weight is 340 g/mol. The van der Waals surface area contributed by atoms with E-state index in [0.29, 0.717) is 36.2 Å². The molecule has 2 rings (SSSR count). The smallest absolute Gasteiger partial charge is 0.343 e. The molecule has 0 saturated carbocycles. The van der Waals surface area contributed by atoms with E-state index in [1.807, 2.05) is 0 Å². The van der Waals surface area contributed by atoms with Gasteiger partial charge in [-0.05, 0) is 54.4 Å². The molecule has 2 aromatic rings. The van der Waals surface area contributed by atoms with Crippen molar-refractivity contribution in [3.05, 3.63) is 66.7 Å². The lowest BCUT2D eigenvalue weighted by Gasteiger charge is -2.11. The molecule has 0 aliphatic rings. The number of carbonyl (C=O) groups excluding carboxylic acids is 1. The van der Waals surface area contributed by atoms with Crippen LogP contribution in [0.3, 0.4) is 0 Å². The van der Waals surface area contributed by atoms with Gasteiger partial charge in [-0.1, -0.05) is 32.9 Å². The molecule has 0 aromatic heterocycles. The minimum Gasteiger partial charge on any atom is -0.493 e. The van der Waals surface area contributed by atoms with E-state index in [9.17, 15) is 4.79 Å². The molecular weight excluding hydrogens is 316 g/mol. The van der Waals surface area contributed by atoms with Crippen molar-refractivity contribution in [2.24, 2.45) is 5.92 Å². The third-order valence-electron chi connectivity index (χ3n) is 3.72. The average Bonchev–Trinajstić information content (AvgIpc) is 2.65. The maximum Gasteiger partial charge on any atom is 0.343 e. The van der Waals surface area contributed by atoms with Gasteiger partial charge in [0, 0.05) is 0 Å². The van der Waals surface area contributed by atoms with Crippen LogP contribution in [0, 0.1) is 5.92 Å². The fourth-order valence-corrected chi connectivity index (χ4v) is 1.97. The van der Waals surface area contributed by atoms with Crippen molar-refractivity contribution in [3.63, 3.8) is 0 Å². The summed E-state index contributed by atoms with van der Waals surface area (Å²) in [7, 11) is 0. The largest absolute Gasteiger partial charge is 0.493 e. The van der Waals surface area contributed by atoms with E-state index in [1.54, 1.807) is 54.6 Å². The predicted octanol–water partition coefficient (Wildman–Crippen LogP) is 4.90. The molecule has 0 unspecified atom stereocenters. The van der Waals surface area contributed by atoms with E-state index in [0.717, 1.165) is 12.2 Å². The summed E-state index contributed by atoms with van der Waals surface area (Å²) >= 11 is 0. The van der Waals surface area contributed by atoms with Gasteiger partial charge in [-0.25, -0.2) is 4.79 Å². The quantitative estimate of drug-likeness (QED) is 0.370. The van der Waals surface area contributed by atoms with E-state index >= 15 is 0 Å². The monoisotopic (exact) mass is 340 g/mol. The summed E-state index contributed by atoms with van der Waals surface area (Å²) in [5, 5.41) is 0. The lowest BCUT2D eigenvalue weighted by Crippen LogP contribution is -2.09. The molecule has 0 spiro atoms. The number of benzene rings is 2. The van der Waals surface area contributed by atoms with Gasteiger partial charge in [0.15, 0.2) is 0 Å². The number of hydrogen-bond acceptors (Lipinski definition) is 4. The molecule has 0 bridgehead atoms. The summed E-state index contributed by atoms with van der Waals surface area (Å²) in [4.78, 5) is 12.2. The topological polar surface area (TPSA) is 44.8 Å². The molecule has 0 radical (unpaired) electrons. The van der Waals surface area contributed by atoms with Gasteiger partial charge in [-0.2, -0.15) is 0 Å². The van der Waals surface area contributed by atoms with Crippen LogP contribution in [-0.2, 0) is 0 Å². The van der Waals surface area contributed by atoms with E-state index in [2.05, 4.69) is 20.4 Å². The second kappa shape index (κ2) is 9.52. The van der Waals surface area contributed by atoms with Crippen LogP contribution in [-0.4, -0.2) is 19.2 Å². The Morgan fingerprint density at radius 2 is 1.56 bits per heavy atom. The molecule has 132 valence electrons. The van der Waals surface area contributed by atoms with Gasteiger partial charge in [-0.3, -0.25) is 0 Å². The summed E-state index contributed by atoms with van der Waals surface area (Å²) in [5.41, 5.74) is 0.461. The molecule has 4 nitrogen and oxygen atoms in total. The Hall–Kier alpha value is -2.75. The van der Waals surface area contributed by atoms with Crippen molar-refractivity contribution in [1.82, 2.24) is 0 Å². The van der Waals surface area contributed by atoms with Crippen molar-refractivity contribution in [2.75, 3.05) is 13.2 Å². The first-order valence-electron chi connectivity index (χ1n) is 8.41. The van der Waals surface area contributed by atoms with Crippen LogP contribution >= 0.6 is 0 Å². The Labute approximate surface area is 149 Å². The van der Waals surface area contributed by atoms with Crippen molar-refractivity contribution < 1.29 is 19.0 Å². The van der Waals surface area contributed by atoms with Crippen LogP contribution in [0.5, 0.6) is 17.2 Å². The third kappa shape index (κ3) is 5.99. The predicted molar refractivity (Wildman–Crippen MR) is 98.5 cm³/mol. The Morgan fingerprint density at radius 3 is 2.16 bits per heavy atom. The molecule has 0 amide bonds. The van der Waals surface area contributed by atoms with Crippen molar-refractivity contribution in [2.45, 2.75) is 20.3 Å². The van der Waals surface area contributed by atoms with Gasteiger partial charge in [-0.15, -0.1) is 0 Å². The van der Waals surface area contributed by atoms with Crippen LogP contribution < -0.4 is 14.2 Å². The number of rotatable bonds is 9. The zero-order chi connectivity index (χ0) is 18.1. The van der Waals surface area contributed by atoms with Gasteiger partial charge in [0.25, 0.3) is 0 Å². The zero-order valence-corrected chi connectivity index (χ0v) is 14.7. The summed E-state index contributed by atoms with van der Waals surface area (Å²) < 4.78 is 16.4. The second-order valence-corrected chi connectivity index (χ2v) is 5.81. The van der Waals surface area contributed by atoms with E-state index in [1.165, 1.54) is 0 Å². The van der Waals surface area contributed by atoms with E-state index < -0.39 is 5.97 Å². The van der Waals surface area contributed by atoms with Crippen molar-refractivity contribution >= 4 is 5.97 Å². The highest BCUT2D eigenvalue weighted by Crippen LogP contribution is 2.20. The Bertz CT molecular complexity index is 674. The zero-order valence-electron chi connectivity index (χ0n) is 14.7. The first kappa shape index (κ1) is 18.6. The summed E-state index contributed by atoms with van der Waals surface area (Å²) in [5.74, 6) is 2.02. The molecule has 25 heavy (non-hydrogen) atoms. The SMILES string of the molecule is C=CCOc1ccc(C(=O)Oc2ccc(OC[C@@H](C)CC)cc2)cc1. The van der Waals surface area contributed by atoms with Crippen LogP contribution in [0.25, 0.3) is 0 Å². The van der Waals surface area contributed by atoms with Crippen molar-refractivity contribution in [3.8, 4) is 17.2 Å². The van der Waals surface area contributed by atoms with Gasteiger partial charge in [0.1, 0.15) is 23.9 Å². The summed E-state index contributed by atoms with van der Waals surface area (Å²) in [6.07, 6.45) is 2.74. The molecule has 4 heteroatoms. The maximum absolute atomic E-state index is 12.2. The fraction of sp³-hybridized carbons (Fsp3) is 0.286. The van der Waals surface area contributed by atoms with Crippen molar-refractivity contribution in [1.29, 1.82) is 0 Å². The first-order valence-corrected chi connectivity index (χ1v) is 8.41. The Balaban J connectivity index is 1.90. The standard InChI is InChI=1S/C21H24O4/c1-4-14-23-18-8-6-17(7-9-18)21(22)25-20-12-10-19(11-13-20)24-15-16(3)5-2/h4,6-13,16H,1,5,14-15H2,2-3H3/t16-/m0/s1. The molecule has 0 aliphatic carbocycles. The van der Waals surface area contributed by atoms with Crippen LogP contribution in [0.2, 0.25) is 0 Å². The normalized spacial score (nSPS) is 11.4. The fourth-order valence-electron chi connectivity index (χ4n) is 1.97. The number of esters is 1. The number of carbonyl (C=O) groups is 1. The highest BCUT2D eigenvalue weighted by atomic mass is 16.5. The molecule has 0 N–H and O–H groups in total. The van der Waals surface area contributed by atoms with Crippen LogP contribution in [0.4, 0.5) is 0 Å². The molecule has 0 heterocycles. The molecule has 2 aromatic carbocycles. The summed E-state index contributed by atoms with van der Waals surface area (Å²) in [6.45, 7) is 8.97. The lowest BCUT2D eigenvalue weighted by molar-refractivity contribution is 0.0734. The molecular formula is C21H24O4. The highest BCUT2D eigenvalue weighted by Gasteiger charge is 2.09. The maximum atomic E-state index is 12.2. The molecule has 1 atom stereocenters. The van der Waals surface area contributed by atoms with Crippen LogP contribution in [0.15, 0.2) is 61.2 Å². The molecule has 0 saturated heterocycles. The third-order valence-corrected chi connectivity index (χ3v) is 3.72. The van der Waals surface area contributed by atoms with Gasteiger partial charge >= 0.3 is 5.97 Å².